The normalized spacial score (nSPS) is 10.6. The van der Waals surface area contributed by atoms with E-state index in [9.17, 15) is 9.18 Å². The van der Waals surface area contributed by atoms with Crippen LogP contribution in [0.3, 0.4) is 0 Å². The molecule has 0 atom stereocenters. The van der Waals surface area contributed by atoms with Crippen LogP contribution in [0.25, 0.3) is 0 Å². The first-order valence-electron chi connectivity index (χ1n) is 6.09. The molecular weight excluding hydrogens is 391 g/mol. The van der Waals surface area contributed by atoms with E-state index >= 15 is 0 Å². The maximum atomic E-state index is 13.2. The van der Waals surface area contributed by atoms with E-state index in [1.54, 1.807) is 12.1 Å². The number of benzene rings is 1. The van der Waals surface area contributed by atoms with E-state index in [-0.39, 0.29) is 18.3 Å². The molecule has 0 spiro atoms. The highest BCUT2D eigenvalue weighted by molar-refractivity contribution is 9.10. The second-order valence-electron chi connectivity index (χ2n) is 4.25. The first-order valence-corrected chi connectivity index (χ1v) is 7.67. The Hall–Kier alpha value is -1.14. The molecule has 0 saturated heterocycles. The Morgan fingerprint density at radius 1 is 1.35 bits per heavy atom. The quantitative estimate of drug-likeness (QED) is 0.819. The second kappa shape index (κ2) is 6.54. The zero-order valence-corrected chi connectivity index (χ0v) is 14.0. The van der Waals surface area contributed by atoms with Gasteiger partial charge in [-0.3, -0.25) is 4.79 Å². The Morgan fingerprint density at radius 3 is 2.80 bits per heavy atom. The number of nitrogens with one attached hydrogen (secondary N) is 1. The monoisotopic (exact) mass is 402 g/mol. The van der Waals surface area contributed by atoms with Crippen molar-refractivity contribution in [3.8, 4) is 0 Å². The standard InChI is InChI=1S/C14H13Br2FN2O/c1-2-19-8-10(15)6-13(19)14(20)18-7-9-5-11(17)3-4-12(9)16/h3-6,8H,2,7H2,1H3,(H,18,20). The molecule has 0 fully saturated rings. The lowest BCUT2D eigenvalue weighted by atomic mass is 10.2. The highest BCUT2D eigenvalue weighted by Gasteiger charge is 2.12. The molecule has 0 aliphatic rings. The number of rotatable bonds is 4. The summed E-state index contributed by atoms with van der Waals surface area (Å²) in [5.74, 6) is -0.508. The molecule has 0 aliphatic heterocycles. The SMILES string of the molecule is CCn1cc(Br)cc1C(=O)NCc1cc(F)ccc1Br. The number of carbonyl (C=O) groups excluding carboxylic acids is 1. The molecule has 0 aliphatic carbocycles. The number of aromatic nitrogens is 1. The summed E-state index contributed by atoms with van der Waals surface area (Å²) < 4.78 is 16.6. The molecule has 1 heterocycles. The predicted molar refractivity (Wildman–Crippen MR) is 83.1 cm³/mol. The van der Waals surface area contributed by atoms with Crippen molar-refractivity contribution in [3.05, 3.63) is 56.5 Å². The van der Waals surface area contributed by atoms with Crippen LogP contribution in [0.2, 0.25) is 0 Å². The summed E-state index contributed by atoms with van der Waals surface area (Å²) in [5.41, 5.74) is 1.28. The molecule has 0 bridgehead atoms. The average molecular weight is 404 g/mol. The number of aryl methyl sites for hydroxylation is 1. The summed E-state index contributed by atoms with van der Waals surface area (Å²) in [7, 11) is 0. The fourth-order valence-corrected chi connectivity index (χ4v) is 2.72. The predicted octanol–water partition coefficient (Wildman–Crippen LogP) is 4.10. The van der Waals surface area contributed by atoms with Gasteiger partial charge in [0.15, 0.2) is 0 Å². The first-order chi connectivity index (χ1) is 9.51. The van der Waals surface area contributed by atoms with Crippen LogP contribution in [0.4, 0.5) is 4.39 Å². The van der Waals surface area contributed by atoms with Crippen molar-refractivity contribution in [3.63, 3.8) is 0 Å². The summed E-state index contributed by atoms with van der Waals surface area (Å²) in [5, 5.41) is 2.79. The van der Waals surface area contributed by atoms with Gasteiger partial charge in [0.25, 0.3) is 5.91 Å². The lowest BCUT2D eigenvalue weighted by Gasteiger charge is -2.09. The molecule has 0 saturated carbocycles. The van der Waals surface area contributed by atoms with Gasteiger partial charge in [0.2, 0.25) is 0 Å². The molecule has 1 amide bonds. The minimum Gasteiger partial charge on any atom is -0.347 e. The van der Waals surface area contributed by atoms with Crippen LogP contribution in [0.1, 0.15) is 23.0 Å². The topological polar surface area (TPSA) is 34.0 Å². The van der Waals surface area contributed by atoms with E-state index in [2.05, 4.69) is 37.2 Å². The van der Waals surface area contributed by atoms with Crippen LogP contribution in [0, 0.1) is 5.82 Å². The van der Waals surface area contributed by atoms with Crippen molar-refractivity contribution in [1.29, 1.82) is 0 Å². The van der Waals surface area contributed by atoms with Gasteiger partial charge in [0.1, 0.15) is 11.5 Å². The van der Waals surface area contributed by atoms with Gasteiger partial charge in [-0.15, -0.1) is 0 Å². The lowest BCUT2D eigenvalue weighted by Crippen LogP contribution is -2.25. The molecule has 0 unspecified atom stereocenters. The van der Waals surface area contributed by atoms with Gasteiger partial charge in [-0.05, 0) is 52.7 Å². The van der Waals surface area contributed by atoms with Gasteiger partial charge >= 0.3 is 0 Å². The molecule has 106 valence electrons. The van der Waals surface area contributed by atoms with Crippen LogP contribution in [0.5, 0.6) is 0 Å². The molecule has 1 aromatic carbocycles. The van der Waals surface area contributed by atoms with Crippen molar-refractivity contribution in [2.24, 2.45) is 0 Å². The molecule has 1 aromatic heterocycles. The molecule has 0 radical (unpaired) electrons. The number of nitrogens with zero attached hydrogens (tertiary/aromatic N) is 1. The summed E-state index contributed by atoms with van der Waals surface area (Å²) in [4.78, 5) is 12.1. The third-order valence-corrected chi connectivity index (χ3v) is 4.09. The Labute approximate surface area is 133 Å². The smallest absolute Gasteiger partial charge is 0.268 e. The van der Waals surface area contributed by atoms with E-state index in [1.807, 2.05) is 17.7 Å². The van der Waals surface area contributed by atoms with E-state index in [0.717, 1.165) is 8.95 Å². The number of carbonyl (C=O) groups is 1. The van der Waals surface area contributed by atoms with Gasteiger partial charge in [0, 0.05) is 28.2 Å². The molecule has 6 heteroatoms. The number of hydrogen-bond acceptors (Lipinski definition) is 1. The van der Waals surface area contributed by atoms with E-state index in [1.165, 1.54) is 12.1 Å². The van der Waals surface area contributed by atoms with Crippen LogP contribution in [-0.2, 0) is 13.1 Å². The maximum absolute atomic E-state index is 13.2. The lowest BCUT2D eigenvalue weighted by molar-refractivity contribution is 0.0941. The Balaban J connectivity index is 2.10. The van der Waals surface area contributed by atoms with Crippen LogP contribution in [-0.4, -0.2) is 10.5 Å². The Kier molecular flexibility index (Phi) is 4.99. The number of hydrogen-bond donors (Lipinski definition) is 1. The average Bonchev–Trinajstić information content (AvgIpc) is 2.80. The summed E-state index contributed by atoms with van der Waals surface area (Å²) in [6.07, 6.45) is 1.85. The minimum absolute atomic E-state index is 0.186. The Morgan fingerprint density at radius 2 is 2.10 bits per heavy atom. The van der Waals surface area contributed by atoms with E-state index < -0.39 is 0 Å². The largest absolute Gasteiger partial charge is 0.347 e. The zero-order chi connectivity index (χ0) is 14.7. The maximum Gasteiger partial charge on any atom is 0.268 e. The summed E-state index contributed by atoms with van der Waals surface area (Å²) in [6, 6.07) is 6.16. The van der Waals surface area contributed by atoms with Crippen LogP contribution >= 0.6 is 31.9 Å². The molecular formula is C14H13Br2FN2O. The summed E-state index contributed by atoms with van der Waals surface area (Å²) in [6.45, 7) is 2.94. The summed E-state index contributed by atoms with van der Waals surface area (Å²) >= 11 is 6.69. The van der Waals surface area contributed by atoms with E-state index in [4.69, 9.17) is 0 Å². The molecule has 20 heavy (non-hydrogen) atoms. The molecule has 2 aromatic rings. The van der Waals surface area contributed by atoms with E-state index in [0.29, 0.717) is 17.8 Å². The molecule has 3 nitrogen and oxygen atoms in total. The van der Waals surface area contributed by atoms with Crippen molar-refractivity contribution >= 4 is 37.8 Å². The zero-order valence-electron chi connectivity index (χ0n) is 10.8. The highest BCUT2D eigenvalue weighted by atomic mass is 79.9. The van der Waals surface area contributed by atoms with Gasteiger partial charge < -0.3 is 9.88 Å². The fraction of sp³-hybridized carbons (Fsp3) is 0.214. The van der Waals surface area contributed by atoms with Gasteiger partial charge in [-0.1, -0.05) is 15.9 Å². The molecule has 1 N–H and O–H groups in total. The van der Waals surface area contributed by atoms with Crippen LogP contribution < -0.4 is 5.32 Å². The van der Waals surface area contributed by atoms with Crippen molar-refractivity contribution < 1.29 is 9.18 Å². The van der Waals surface area contributed by atoms with Gasteiger partial charge in [-0.2, -0.15) is 0 Å². The third-order valence-electron chi connectivity index (χ3n) is 2.88. The van der Waals surface area contributed by atoms with Crippen molar-refractivity contribution in [2.75, 3.05) is 0 Å². The number of halogens is 3. The van der Waals surface area contributed by atoms with Gasteiger partial charge in [0.05, 0.1) is 0 Å². The fourth-order valence-electron chi connectivity index (χ4n) is 1.87. The third kappa shape index (κ3) is 3.49. The highest BCUT2D eigenvalue weighted by Crippen LogP contribution is 2.18. The van der Waals surface area contributed by atoms with Crippen molar-refractivity contribution in [1.82, 2.24) is 9.88 Å². The van der Waals surface area contributed by atoms with Crippen LogP contribution in [0.15, 0.2) is 39.4 Å². The number of amides is 1. The van der Waals surface area contributed by atoms with Crippen molar-refractivity contribution in [2.45, 2.75) is 20.0 Å². The Bertz CT molecular complexity index is 640. The minimum atomic E-state index is -0.322. The second-order valence-corrected chi connectivity index (χ2v) is 6.02. The molecule has 2 rings (SSSR count). The van der Waals surface area contributed by atoms with Gasteiger partial charge in [-0.25, -0.2) is 4.39 Å². The first kappa shape index (κ1) is 15.3.